The molecule has 1 aromatic carbocycles. The molecule has 1 aromatic heterocycles. The van der Waals surface area contributed by atoms with Crippen molar-refractivity contribution in [1.82, 2.24) is 14.9 Å². The van der Waals surface area contributed by atoms with E-state index in [9.17, 15) is 4.79 Å². The van der Waals surface area contributed by atoms with Crippen LogP contribution in [0.1, 0.15) is 17.5 Å². The molecule has 2 fully saturated rings. The average molecular weight is 323 g/mol. The molecule has 3 heterocycles. The Morgan fingerprint density at radius 1 is 1.17 bits per heavy atom. The minimum Gasteiger partial charge on any atom is -0.377 e. The van der Waals surface area contributed by atoms with Crippen molar-refractivity contribution in [2.24, 2.45) is 5.41 Å². The fraction of sp³-hybridized carbons (Fsp3) is 0.421. The molecule has 0 saturated carbocycles. The smallest absolute Gasteiger partial charge is 0.227 e. The molecule has 124 valence electrons. The van der Waals surface area contributed by atoms with Crippen molar-refractivity contribution in [3.05, 3.63) is 60.2 Å². The van der Waals surface area contributed by atoms with Crippen LogP contribution in [0.25, 0.3) is 0 Å². The number of hydrogen-bond acceptors (Lipinski definition) is 4. The predicted octanol–water partition coefficient (Wildman–Crippen LogP) is 1.88. The summed E-state index contributed by atoms with van der Waals surface area (Å²) in [5, 5.41) is 0. The van der Waals surface area contributed by atoms with E-state index in [4.69, 9.17) is 4.74 Å². The number of aromatic nitrogens is 2. The maximum atomic E-state index is 12.4. The molecule has 2 saturated heterocycles. The van der Waals surface area contributed by atoms with Crippen LogP contribution in [0.15, 0.2) is 49.1 Å². The second-order valence-corrected chi connectivity index (χ2v) is 7.00. The molecule has 0 unspecified atom stereocenters. The van der Waals surface area contributed by atoms with E-state index < -0.39 is 0 Å². The number of nitrogens with zero attached hydrogens (tertiary/aromatic N) is 3. The summed E-state index contributed by atoms with van der Waals surface area (Å²) in [5.74, 6) is 0.215. The molecule has 5 heteroatoms. The Morgan fingerprint density at radius 2 is 1.92 bits per heavy atom. The fourth-order valence-electron chi connectivity index (χ4n) is 3.77. The van der Waals surface area contributed by atoms with Crippen molar-refractivity contribution in [3.8, 4) is 0 Å². The first kappa shape index (κ1) is 15.3. The quantitative estimate of drug-likeness (QED) is 0.862. The van der Waals surface area contributed by atoms with Crippen LogP contribution in [0.2, 0.25) is 0 Å². The maximum Gasteiger partial charge on any atom is 0.227 e. The highest BCUT2D eigenvalue weighted by molar-refractivity contribution is 5.79. The van der Waals surface area contributed by atoms with Crippen LogP contribution >= 0.6 is 0 Å². The first-order valence-corrected chi connectivity index (χ1v) is 8.40. The zero-order valence-electron chi connectivity index (χ0n) is 13.6. The Balaban J connectivity index is 1.28. The summed E-state index contributed by atoms with van der Waals surface area (Å²) in [6.45, 7) is 2.39. The third-order valence-corrected chi connectivity index (χ3v) is 4.97. The number of likely N-dealkylation sites (tertiary alicyclic amines) is 1. The lowest BCUT2D eigenvalue weighted by molar-refractivity contribution is -0.142. The first-order valence-electron chi connectivity index (χ1n) is 8.40. The van der Waals surface area contributed by atoms with Crippen LogP contribution in [-0.2, 0) is 22.4 Å². The SMILES string of the molecule is O=C(Cc1ccccc1)N1CC2(CO[C@H](Cc3cncnc3)C2)C1. The van der Waals surface area contributed by atoms with E-state index >= 15 is 0 Å². The molecule has 0 radical (unpaired) electrons. The van der Waals surface area contributed by atoms with Gasteiger partial charge in [0.05, 0.1) is 19.1 Å². The summed E-state index contributed by atoms with van der Waals surface area (Å²) in [7, 11) is 0. The van der Waals surface area contributed by atoms with Gasteiger partial charge in [-0.2, -0.15) is 0 Å². The Kier molecular flexibility index (Phi) is 4.02. The van der Waals surface area contributed by atoms with Gasteiger partial charge in [-0.15, -0.1) is 0 Å². The summed E-state index contributed by atoms with van der Waals surface area (Å²) in [5.41, 5.74) is 2.34. The molecule has 0 bridgehead atoms. The van der Waals surface area contributed by atoms with E-state index in [2.05, 4.69) is 9.97 Å². The number of benzene rings is 1. The van der Waals surface area contributed by atoms with Gasteiger partial charge in [0.1, 0.15) is 6.33 Å². The lowest BCUT2D eigenvalue weighted by Gasteiger charge is -2.47. The summed E-state index contributed by atoms with van der Waals surface area (Å²) in [6, 6.07) is 9.93. The zero-order valence-corrected chi connectivity index (χ0v) is 13.6. The molecule has 24 heavy (non-hydrogen) atoms. The van der Waals surface area contributed by atoms with Crippen molar-refractivity contribution in [2.75, 3.05) is 19.7 Å². The number of hydrogen-bond donors (Lipinski definition) is 0. The second-order valence-electron chi connectivity index (χ2n) is 7.00. The van der Waals surface area contributed by atoms with Gasteiger partial charge in [-0.05, 0) is 17.5 Å². The summed E-state index contributed by atoms with van der Waals surface area (Å²) >= 11 is 0. The third kappa shape index (κ3) is 3.17. The van der Waals surface area contributed by atoms with Gasteiger partial charge in [0.25, 0.3) is 0 Å². The standard InChI is InChI=1S/C19H21N3O2/c23-18(7-15-4-2-1-3-5-15)22-11-19(12-22)8-17(24-13-19)6-16-9-20-14-21-10-16/h1-5,9-10,14,17H,6-8,11-13H2/t17-/m1/s1. The average Bonchev–Trinajstić information content (AvgIpc) is 2.99. The molecule has 0 aliphatic carbocycles. The Morgan fingerprint density at radius 3 is 2.67 bits per heavy atom. The van der Waals surface area contributed by atoms with Crippen LogP contribution in [0, 0.1) is 5.41 Å². The van der Waals surface area contributed by atoms with Gasteiger partial charge < -0.3 is 9.64 Å². The van der Waals surface area contributed by atoms with Crippen molar-refractivity contribution in [1.29, 1.82) is 0 Å². The van der Waals surface area contributed by atoms with Crippen LogP contribution in [-0.4, -0.2) is 46.6 Å². The lowest BCUT2D eigenvalue weighted by Crippen LogP contribution is -2.59. The van der Waals surface area contributed by atoms with Crippen molar-refractivity contribution < 1.29 is 9.53 Å². The molecule has 2 aliphatic heterocycles. The largest absolute Gasteiger partial charge is 0.377 e. The molecule has 0 N–H and O–H groups in total. The van der Waals surface area contributed by atoms with Gasteiger partial charge >= 0.3 is 0 Å². The highest BCUT2D eigenvalue weighted by Gasteiger charge is 2.50. The van der Waals surface area contributed by atoms with Gasteiger partial charge in [0.2, 0.25) is 5.91 Å². The topological polar surface area (TPSA) is 55.3 Å². The number of ether oxygens (including phenoxy) is 1. The van der Waals surface area contributed by atoms with E-state index in [0.717, 1.165) is 43.7 Å². The second kappa shape index (κ2) is 6.32. The number of amides is 1. The molecule has 1 spiro atoms. The predicted molar refractivity (Wildman–Crippen MR) is 89.3 cm³/mol. The van der Waals surface area contributed by atoms with Gasteiger partial charge in [-0.25, -0.2) is 9.97 Å². The number of carbonyl (C=O) groups excluding carboxylic acids is 1. The molecule has 1 amide bonds. The van der Waals surface area contributed by atoms with E-state index in [1.54, 1.807) is 6.33 Å². The number of carbonyl (C=O) groups is 1. The maximum absolute atomic E-state index is 12.4. The van der Waals surface area contributed by atoms with E-state index in [1.165, 1.54) is 0 Å². The van der Waals surface area contributed by atoms with E-state index in [-0.39, 0.29) is 17.4 Å². The molecule has 5 nitrogen and oxygen atoms in total. The van der Waals surface area contributed by atoms with Gasteiger partial charge in [0, 0.05) is 37.3 Å². The van der Waals surface area contributed by atoms with Crippen LogP contribution in [0.3, 0.4) is 0 Å². The van der Waals surface area contributed by atoms with Crippen LogP contribution in [0.4, 0.5) is 0 Å². The molecule has 4 rings (SSSR count). The highest BCUT2D eigenvalue weighted by atomic mass is 16.5. The normalized spacial score (nSPS) is 21.7. The Labute approximate surface area is 141 Å². The highest BCUT2D eigenvalue weighted by Crippen LogP contribution is 2.42. The summed E-state index contributed by atoms with van der Waals surface area (Å²) < 4.78 is 5.97. The molecular formula is C19H21N3O2. The molecule has 1 atom stereocenters. The van der Waals surface area contributed by atoms with Crippen LogP contribution in [0.5, 0.6) is 0 Å². The van der Waals surface area contributed by atoms with Crippen molar-refractivity contribution >= 4 is 5.91 Å². The zero-order chi connectivity index (χ0) is 16.4. The molecular weight excluding hydrogens is 302 g/mol. The van der Waals surface area contributed by atoms with E-state index in [1.807, 2.05) is 47.6 Å². The number of rotatable bonds is 4. The van der Waals surface area contributed by atoms with Gasteiger partial charge in [-0.1, -0.05) is 30.3 Å². The minimum absolute atomic E-state index is 0.159. The Hall–Kier alpha value is -2.27. The van der Waals surface area contributed by atoms with Gasteiger partial charge in [0.15, 0.2) is 0 Å². The monoisotopic (exact) mass is 323 g/mol. The van der Waals surface area contributed by atoms with Crippen molar-refractivity contribution in [2.45, 2.75) is 25.4 Å². The first-order chi connectivity index (χ1) is 11.7. The fourth-order valence-corrected chi connectivity index (χ4v) is 3.77. The lowest BCUT2D eigenvalue weighted by atomic mass is 9.77. The molecule has 2 aromatic rings. The summed E-state index contributed by atoms with van der Waals surface area (Å²) in [6.07, 6.45) is 7.79. The van der Waals surface area contributed by atoms with Crippen molar-refractivity contribution in [3.63, 3.8) is 0 Å². The third-order valence-electron chi connectivity index (χ3n) is 4.97. The Bertz CT molecular complexity index is 699. The van der Waals surface area contributed by atoms with Gasteiger partial charge in [-0.3, -0.25) is 4.79 Å². The van der Waals surface area contributed by atoms with E-state index in [0.29, 0.717) is 6.42 Å². The molecule has 2 aliphatic rings. The summed E-state index contributed by atoms with van der Waals surface area (Å²) in [4.78, 5) is 22.4. The minimum atomic E-state index is 0.159. The van der Waals surface area contributed by atoms with Crippen LogP contribution < -0.4 is 0 Å².